The van der Waals surface area contributed by atoms with E-state index in [0.29, 0.717) is 23.4 Å². The summed E-state index contributed by atoms with van der Waals surface area (Å²) in [7, 11) is 0. The summed E-state index contributed by atoms with van der Waals surface area (Å²) in [5.41, 5.74) is 11.3. The molecule has 0 fully saturated rings. The molecule has 8 nitrogen and oxygen atoms in total. The van der Waals surface area contributed by atoms with Crippen LogP contribution in [-0.4, -0.2) is 24.9 Å². The van der Waals surface area contributed by atoms with Gasteiger partial charge in [0.05, 0.1) is 29.9 Å². The summed E-state index contributed by atoms with van der Waals surface area (Å²) in [6.07, 6.45) is 8.73. The zero-order valence-corrected chi connectivity index (χ0v) is 20.1. The standard InChI is InChI=1S/C27H31N7O/c1-3-5-22(14-28)20-6-4-7-24(12-20)33-16-27(35)21-9-8-19(2)26(13-21)34(30)17-25(29)23-10-11-31-18-32-15-23/h4,6-9,11-13,15,17-18,22,33H,3,5,10,16,29-30H2,1-2H3/b25-17-. The topological polar surface area (TPSA) is 133 Å². The molecule has 1 unspecified atom stereocenters. The number of nitrogens with one attached hydrogen (secondary N) is 1. The zero-order valence-electron chi connectivity index (χ0n) is 20.1. The van der Waals surface area contributed by atoms with Gasteiger partial charge in [0.1, 0.15) is 6.34 Å². The van der Waals surface area contributed by atoms with Gasteiger partial charge in [-0.15, -0.1) is 0 Å². The van der Waals surface area contributed by atoms with E-state index in [1.54, 1.807) is 30.7 Å². The SMILES string of the molecule is CCCC(C#N)c1cccc(NCC(=O)c2ccc(C)c(N(N)/C=C(\N)C3=CN=CN=CC3)c2)c1. The van der Waals surface area contributed by atoms with Crippen molar-refractivity contribution in [3.05, 3.63) is 82.8 Å². The van der Waals surface area contributed by atoms with E-state index in [-0.39, 0.29) is 18.2 Å². The molecule has 2 aromatic carbocycles. The molecule has 1 atom stereocenters. The van der Waals surface area contributed by atoms with Crippen LogP contribution in [0.1, 0.15) is 53.6 Å². The largest absolute Gasteiger partial charge is 0.397 e. The second kappa shape index (κ2) is 12.3. The fourth-order valence-electron chi connectivity index (χ4n) is 3.71. The summed E-state index contributed by atoms with van der Waals surface area (Å²) < 4.78 is 0. The van der Waals surface area contributed by atoms with Gasteiger partial charge in [-0.2, -0.15) is 5.26 Å². The van der Waals surface area contributed by atoms with Crippen LogP contribution in [0.4, 0.5) is 11.4 Å². The first-order valence-electron chi connectivity index (χ1n) is 11.5. The lowest BCUT2D eigenvalue weighted by molar-refractivity contribution is 0.101. The zero-order chi connectivity index (χ0) is 25.2. The molecule has 0 saturated heterocycles. The third-order valence-corrected chi connectivity index (χ3v) is 5.71. The molecule has 0 saturated carbocycles. The number of nitriles is 1. The van der Waals surface area contributed by atoms with Gasteiger partial charge in [0.2, 0.25) is 0 Å². The third kappa shape index (κ3) is 6.88. The number of Topliss-reactive ketones (excluding diaryl/α,β-unsaturated/α-hetero) is 1. The molecule has 0 amide bonds. The Bertz CT molecular complexity index is 1220. The minimum Gasteiger partial charge on any atom is -0.397 e. The van der Waals surface area contributed by atoms with Gasteiger partial charge in [0.25, 0.3) is 0 Å². The number of hydrogen-bond acceptors (Lipinski definition) is 8. The Morgan fingerprint density at radius 3 is 2.89 bits per heavy atom. The molecule has 35 heavy (non-hydrogen) atoms. The number of hydrogen-bond donors (Lipinski definition) is 3. The van der Waals surface area contributed by atoms with Crippen molar-refractivity contribution >= 4 is 29.7 Å². The highest BCUT2D eigenvalue weighted by Gasteiger charge is 2.13. The number of aryl methyl sites for hydroxylation is 1. The van der Waals surface area contributed by atoms with Crippen molar-refractivity contribution < 1.29 is 4.79 Å². The number of carbonyl (C=O) groups excluding carboxylic acids is 1. The summed E-state index contributed by atoms with van der Waals surface area (Å²) in [6.45, 7) is 4.09. The Kier molecular flexibility index (Phi) is 8.93. The van der Waals surface area contributed by atoms with Gasteiger partial charge < -0.3 is 11.1 Å². The van der Waals surface area contributed by atoms with Gasteiger partial charge in [-0.25, -0.2) is 15.8 Å². The van der Waals surface area contributed by atoms with Gasteiger partial charge in [-0.3, -0.25) is 9.80 Å². The number of ketones is 1. The summed E-state index contributed by atoms with van der Waals surface area (Å²) >= 11 is 0. The molecule has 2 aromatic rings. The number of benzene rings is 2. The molecule has 1 aliphatic rings. The van der Waals surface area contributed by atoms with Crippen LogP contribution in [0, 0.1) is 18.3 Å². The molecule has 8 heteroatoms. The Labute approximate surface area is 206 Å². The van der Waals surface area contributed by atoms with Crippen molar-refractivity contribution in [2.24, 2.45) is 21.6 Å². The first-order chi connectivity index (χ1) is 16.9. The number of hydrazine groups is 1. The van der Waals surface area contributed by atoms with Gasteiger partial charge in [-0.1, -0.05) is 37.6 Å². The van der Waals surface area contributed by atoms with Gasteiger partial charge in [-0.05, 0) is 42.7 Å². The Balaban J connectivity index is 1.71. The van der Waals surface area contributed by atoms with Crippen LogP contribution in [0.2, 0.25) is 0 Å². The smallest absolute Gasteiger partial charge is 0.181 e. The lowest BCUT2D eigenvalue weighted by Crippen LogP contribution is -2.27. The van der Waals surface area contributed by atoms with E-state index >= 15 is 0 Å². The van der Waals surface area contributed by atoms with Crippen LogP contribution < -0.4 is 21.9 Å². The van der Waals surface area contributed by atoms with E-state index < -0.39 is 0 Å². The lowest BCUT2D eigenvalue weighted by Gasteiger charge is -2.19. The summed E-state index contributed by atoms with van der Waals surface area (Å²) in [4.78, 5) is 21.0. The van der Waals surface area contributed by atoms with Crippen molar-refractivity contribution in [2.75, 3.05) is 16.9 Å². The first kappa shape index (κ1) is 25.4. The van der Waals surface area contributed by atoms with Crippen molar-refractivity contribution in [1.82, 2.24) is 0 Å². The Morgan fingerprint density at radius 1 is 1.29 bits per heavy atom. The van der Waals surface area contributed by atoms with E-state index in [9.17, 15) is 10.1 Å². The molecular weight excluding hydrogens is 438 g/mol. The van der Waals surface area contributed by atoms with Gasteiger partial charge >= 0.3 is 0 Å². The summed E-state index contributed by atoms with van der Waals surface area (Å²) in [6, 6.07) is 15.4. The van der Waals surface area contributed by atoms with Crippen molar-refractivity contribution in [3.63, 3.8) is 0 Å². The number of nitrogens with two attached hydrogens (primary N) is 2. The summed E-state index contributed by atoms with van der Waals surface area (Å²) in [5.74, 6) is 6.05. The minimum atomic E-state index is -0.152. The molecular formula is C27H31N7O. The molecule has 0 radical (unpaired) electrons. The predicted molar refractivity (Wildman–Crippen MR) is 142 cm³/mol. The Morgan fingerprint density at radius 2 is 2.11 bits per heavy atom. The molecule has 0 aromatic heterocycles. The Hall–Kier alpha value is -4.22. The average molecular weight is 470 g/mol. The van der Waals surface area contributed by atoms with Crippen LogP contribution in [0.3, 0.4) is 0 Å². The molecule has 0 bridgehead atoms. The fraction of sp³-hybridized carbons (Fsp3) is 0.259. The number of allylic oxidation sites excluding steroid dienone is 1. The number of rotatable bonds is 10. The monoisotopic (exact) mass is 469 g/mol. The molecule has 1 aliphatic heterocycles. The number of carbonyl (C=O) groups is 1. The summed E-state index contributed by atoms with van der Waals surface area (Å²) in [5, 5.41) is 14.0. The number of aliphatic imine (C=N–C) groups is 2. The van der Waals surface area contributed by atoms with Crippen LogP contribution in [-0.2, 0) is 0 Å². The highest BCUT2D eigenvalue weighted by molar-refractivity contribution is 6.00. The van der Waals surface area contributed by atoms with Crippen molar-refractivity contribution in [1.29, 1.82) is 5.26 Å². The maximum absolute atomic E-state index is 12.9. The average Bonchev–Trinajstić information content (AvgIpc) is 3.16. The van der Waals surface area contributed by atoms with Gasteiger partial charge in [0.15, 0.2) is 5.78 Å². The van der Waals surface area contributed by atoms with E-state index in [1.807, 2.05) is 37.3 Å². The fourth-order valence-corrected chi connectivity index (χ4v) is 3.71. The molecule has 3 rings (SSSR count). The minimum absolute atomic E-state index is 0.0792. The first-order valence-corrected chi connectivity index (χ1v) is 11.5. The van der Waals surface area contributed by atoms with Crippen LogP contribution in [0.25, 0.3) is 0 Å². The maximum Gasteiger partial charge on any atom is 0.181 e. The highest BCUT2D eigenvalue weighted by Crippen LogP contribution is 2.24. The third-order valence-electron chi connectivity index (χ3n) is 5.71. The lowest BCUT2D eigenvalue weighted by atomic mass is 9.95. The van der Waals surface area contributed by atoms with Crippen LogP contribution >= 0.6 is 0 Å². The predicted octanol–water partition coefficient (Wildman–Crippen LogP) is 4.56. The van der Waals surface area contributed by atoms with E-state index in [2.05, 4.69) is 28.3 Å². The molecule has 0 aliphatic carbocycles. The molecule has 1 heterocycles. The molecule has 180 valence electrons. The number of nitrogens with zero attached hydrogens (tertiary/aromatic N) is 4. The van der Waals surface area contributed by atoms with Crippen LogP contribution in [0.5, 0.6) is 0 Å². The van der Waals surface area contributed by atoms with Crippen LogP contribution in [0.15, 0.2) is 76.1 Å². The van der Waals surface area contributed by atoms with E-state index in [0.717, 1.165) is 35.2 Å². The normalized spacial score (nSPS) is 14.0. The quantitative estimate of drug-likeness (QED) is 0.265. The van der Waals surface area contributed by atoms with E-state index in [1.165, 1.54) is 11.3 Å². The highest BCUT2D eigenvalue weighted by atomic mass is 16.1. The van der Waals surface area contributed by atoms with Crippen molar-refractivity contribution in [3.8, 4) is 6.07 Å². The second-order valence-electron chi connectivity index (χ2n) is 8.32. The number of anilines is 2. The van der Waals surface area contributed by atoms with Gasteiger partial charge in [0, 0.05) is 41.9 Å². The second-order valence-corrected chi connectivity index (χ2v) is 8.32. The van der Waals surface area contributed by atoms with E-state index in [4.69, 9.17) is 11.6 Å². The van der Waals surface area contributed by atoms with Crippen molar-refractivity contribution in [2.45, 2.75) is 39.0 Å². The molecule has 5 N–H and O–H groups in total. The molecule has 0 spiro atoms. The maximum atomic E-state index is 12.9.